The molecule has 1 aliphatic carbocycles. The van der Waals surface area contributed by atoms with Crippen molar-refractivity contribution >= 4 is 16.8 Å². The van der Waals surface area contributed by atoms with E-state index >= 15 is 0 Å². The van der Waals surface area contributed by atoms with E-state index in [0.717, 1.165) is 29.4 Å². The highest BCUT2D eigenvalue weighted by Gasteiger charge is 2.34. The zero-order valence-corrected chi connectivity index (χ0v) is 14.0. The molecule has 0 atom stereocenters. The van der Waals surface area contributed by atoms with Gasteiger partial charge in [-0.15, -0.1) is 5.10 Å². The number of aliphatic hydroxyl groups is 1. The summed E-state index contributed by atoms with van der Waals surface area (Å²) in [7, 11) is 0. The highest BCUT2D eigenvalue weighted by atomic mass is 16.3. The van der Waals surface area contributed by atoms with Gasteiger partial charge in [-0.3, -0.25) is 9.78 Å². The Bertz CT molecular complexity index is 927. The molecule has 0 radical (unpaired) electrons. The standard InChI is InChI=1S/C18H19N5O2/c1-12-17(18(25)22(10-11-24)13-7-8-13)20-21-23(12)16-6-2-5-15-14(16)4-3-9-19-15/h2-6,9,13,24H,7-8,10-11H2,1H3. The lowest BCUT2D eigenvalue weighted by Gasteiger charge is -2.20. The molecular formula is C18H19N5O2. The quantitative estimate of drug-likeness (QED) is 0.766. The van der Waals surface area contributed by atoms with E-state index in [1.54, 1.807) is 15.8 Å². The predicted octanol–water partition coefficient (Wildman–Crippen LogP) is 1.72. The van der Waals surface area contributed by atoms with Crippen LogP contribution in [0.25, 0.3) is 16.6 Å². The highest BCUT2D eigenvalue weighted by molar-refractivity contribution is 5.94. The maximum Gasteiger partial charge on any atom is 0.276 e. The van der Waals surface area contributed by atoms with Crippen LogP contribution >= 0.6 is 0 Å². The molecule has 7 nitrogen and oxygen atoms in total. The summed E-state index contributed by atoms with van der Waals surface area (Å²) < 4.78 is 1.68. The van der Waals surface area contributed by atoms with Crippen molar-refractivity contribution in [3.05, 3.63) is 47.9 Å². The molecule has 0 saturated heterocycles. The highest BCUT2D eigenvalue weighted by Crippen LogP contribution is 2.29. The Morgan fingerprint density at radius 1 is 1.32 bits per heavy atom. The normalized spacial score (nSPS) is 14.0. The minimum Gasteiger partial charge on any atom is -0.395 e. The lowest BCUT2D eigenvalue weighted by Crippen LogP contribution is -2.36. The van der Waals surface area contributed by atoms with E-state index < -0.39 is 0 Å². The van der Waals surface area contributed by atoms with E-state index in [-0.39, 0.29) is 18.6 Å². The molecule has 1 saturated carbocycles. The van der Waals surface area contributed by atoms with Crippen LogP contribution in [-0.4, -0.2) is 55.1 Å². The summed E-state index contributed by atoms with van der Waals surface area (Å²) in [6.45, 7) is 2.12. The molecule has 1 aliphatic rings. The first-order valence-electron chi connectivity index (χ1n) is 8.39. The van der Waals surface area contributed by atoms with Crippen molar-refractivity contribution in [1.82, 2.24) is 24.9 Å². The van der Waals surface area contributed by atoms with Crippen molar-refractivity contribution in [2.75, 3.05) is 13.2 Å². The molecule has 1 amide bonds. The van der Waals surface area contributed by atoms with E-state index in [1.165, 1.54) is 0 Å². The summed E-state index contributed by atoms with van der Waals surface area (Å²) in [5, 5.41) is 18.5. The molecule has 25 heavy (non-hydrogen) atoms. The fourth-order valence-corrected chi connectivity index (χ4v) is 3.11. The Labute approximate surface area is 144 Å². The third kappa shape index (κ3) is 2.76. The molecule has 0 spiro atoms. The van der Waals surface area contributed by atoms with Crippen LogP contribution in [0.2, 0.25) is 0 Å². The first-order valence-corrected chi connectivity index (χ1v) is 8.39. The third-order valence-corrected chi connectivity index (χ3v) is 4.54. The summed E-state index contributed by atoms with van der Waals surface area (Å²) in [4.78, 5) is 18.9. The molecule has 0 bridgehead atoms. The number of benzene rings is 1. The Morgan fingerprint density at radius 2 is 2.16 bits per heavy atom. The third-order valence-electron chi connectivity index (χ3n) is 4.54. The van der Waals surface area contributed by atoms with Crippen molar-refractivity contribution in [2.24, 2.45) is 0 Å². The molecule has 2 heterocycles. The molecular weight excluding hydrogens is 318 g/mol. The maximum absolute atomic E-state index is 12.8. The smallest absolute Gasteiger partial charge is 0.276 e. The van der Waals surface area contributed by atoms with Gasteiger partial charge in [0.05, 0.1) is 23.5 Å². The number of carbonyl (C=O) groups is 1. The number of amides is 1. The lowest BCUT2D eigenvalue weighted by atomic mass is 10.1. The molecule has 1 fully saturated rings. The lowest BCUT2D eigenvalue weighted by molar-refractivity contribution is 0.0701. The Morgan fingerprint density at radius 3 is 2.92 bits per heavy atom. The van der Waals surface area contributed by atoms with Crippen LogP contribution in [-0.2, 0) is 0 Å². The Balaban J connectivity index is 1.75. The number of hydrogen-bond acceptors (Lipinski definition) is 5. The molecule has 0 aliphatic heterocycles. The van der Waals surface area contributed by atoms with E-state index in [2.05, 4.69) is 15.3 Å². The zero-order chi connectivity index (χ0) is 17.4. The second-order valence-corrected chi connectivity index (χ2v) is 6.24. The van der Waals surface area contributed by atoms with Gasteiger partial charge in [0.1, 0.15) is 0 Å². The first-order chi connectivity index (χ1) is 12.2. The predicted molar refractivity (Wildman–Crippen MR) is 92.5 cm³/mol. The van der Waals surface area contributed by atoms with Crippen molar-refractivity contribution in [3.8, 4) is 5.69 Å². The molecule has 2 aromatic heterocycles. The summed E-state index contributed by atoms with van der Waals surface area (Å²) >= 11 is 0. The number of pyridine rings is 1. The summed E-state index contributed by atoms with van der Waals surface area (Å²) in [6, 6.07) is 9.85. The van der Waals surface area contributed by atoms with Gasteiger partial charge in [-0.1, -0.05) is 11.3 Å². The maximum atomic E-state index is 12.8. The Kier molecular flexibility index (Phi) is 3.93. The fourth-order valence-electron chi connectivity index (χ4n) is 3.11. The van der Waals surface area contributed by atoms with Crippen molar-refractivity contribution < 1.29 is 9.90 Å². The van der Waals surface area contributed by atoms with Gasteiger partial charge in [-0.2, -0.15) is 0 Å². The van der Waals surface area contributed by atoms with Gasteiger partial charge >= 0.3 is 0 Å². The summed E-state index contributed by atoms with van der Waals surface area (Å²) in [5.41, 5.74) is 2.73. The second kappa shape index (κ2) is 6.25. The number of hydrogen-bond donors (Lipinski definition) is 1. The van der Waals surface area contributed by atoms with E-state index in [4.69, 9.17) is 0 Å². The molecule has 1 N–H and O–H groups in total. The van der Waals surface area contributed by atoms with Crippen molar-refractivity contribution in [3.63, 3.8) is 0 Å². The largest absolute Gasteiger partial charge is 0.395 e. The minimum atomic E-state index is -0.168. The number of carbonyl (C=O) groups excluding carboxylic acids is 1. The molecule has 0 unspecified atom stereocenters. The van der Waals surface area contributed by atoms with Gasteiger partial charge in [0.25, 0.3) is 5.91 Å². The van der Waals surface area contributed by atoms with Crippen LogP contribution < -0.4 is 0 Å². The fraction of sp³-hybridized carbons (Fsp3) is 0.333. The molecule has 128 valence electrons. The second-order valence-electron chi connectivity index (χ2n) is 6.24. The topological polar surface area (TPSA) is 84.1 Å². The van der Waals surface area contributed by atoms with Crippen LogP contribution in [0.15, 0.2) is 36.5 Å². The minimum absolute atomic E-state index is 0.0512. The van der Waals surface area contributed by atoms with Gasteiger partial charge in [0.15, 0.2) is 5.69 Å². The average molecular weight is 337 g/mol. The van der Waals surface area contributed by atoms with Crippen LogP contribution in [0, 0.1) is 6.92 Å². The van der Waals surface area contributed by atoms with Gasteiger partial charge in [-0.25, -0.2) is 4.68 Å². The Hall–Kier alpha value is -2.80. The van der Waals surface area contributed by atoms with Gasteiger partial charge in [0, 0.05) is 24.2 Å². The van der Waals surface area contributed by atoms with Gasteiger partial charge in [0.2, 0.25) is 0 Å². The summed E-state index contributed by atoms with van der Waals surface area (Å²) in [5.74, 6) is -0.168. The zero-order valence-electron chi connectivity index (χ0n) is 14.0. The van der Waals surface area contributed by atoms with E-state index in [9.17, 15) is 9.90 Å². The number of fused-ring (bicyclic) bond motifs is 1. The number of aromatic nitrogens is 4. The first kappa shape index (κ1) is 15.7. The SMILES string of the molecule is Cc1c(C(=O)N(CCO)C2CC2)nnn1-c1cccc2ncccc12. The van der Waals surface area contributed by atoms with Crippen LogP contribution in [0.5, 0.6) is 0 Å². The average Bonchev–Trinajstić information content (AvgIpc) is 3.41. The van der Waals surface area contributed by atoms with Gasteiger partial charge < -0.3 is 10.0 Å². The number of nitrogens with zero attached hydrogens (tertiary/aromatic N) is 5. The number of rotatable bonds is 5. The van der Waals surface area contributed by atoms with Gasteiger partial charge in [-0.05, 0) is 44.0 Å². The molecule has 3 aromatic rings. The molecule has 4 rings (SSSR count). The van der Waals surface area contributed by atoms with Crippen molar-refractivity contribution in [1.29, 1.82) is 0 Å². The van der Waals surface area contributed by atoms with Crippen molar-refractivity contribution in [2.45, 2.75) is 25.8 Å². The van der Waals surface area contributed by atoms with Crippen LogP contribution in [0.1, 0.15) is 29.0 Å². The summed E-state index contributed by atoms with van der Waals surface area (Å²) in [6.07, 6.45) is 3.71. The molecule has 7 heteroatoms. The molecule has 1 aromatic carbocycles. The van der Waals surface area contributed by atoms with Crippen LogP contribution in [0.3, 0.4) is 0 Å². The van der Waals surface area contributed by atoms with Crippen LogP contribution in [0.4, 0.5) is 0 Å². The van der Waals surface area contributed by atoms with E-state index in [0.29, 0.717) is 17.9 Å². The monoisotopic (exact) mass is 337 g/mol. The number of aliphatic hydroxyl groups excluding tert-OH is 1. The van der Waals surface area contributed by atoms with E-state index in [1.807, 2.05) is 37.3 Å².